The van der Waals surface area contributed by atoms with Crippen molar-refractivity contribution in [2.45, 2.75) is 0 Å². The van der Waals surface area contributed by atoms with E-state index >= 15 is 0 Å². The van der Waals surface area contributed by atoms with Crippen LogP contribution in [0.2, 0.25) is 0 Å². The predicted molar refractivity (Wildman–Crippen MR) is 37.4 cm³/mol. The summed E-state index contributed by atoms with van der Waals surface area (Å²) in [5.41, 5.74) is 1.04. The third-order valence-corrected chi connectivity index (χ3v) is 1.82. The van der Waals surface area contributed by atoms with E-state index in [1.807, 2.05) is 17.6 Å². The zero-order chi connectivity index (χ0) is 6.10. The van der Waals surface area contributed by atoms with Crippen LogP contribution in [-0.2, 0) is 0 Å². The average Bonchev–Trinajstić information content (AvgIpc) is 2.33. The summed E-state index contributed by atoms with van der Waals surface area (Å²) in [5, 5.41) is 3.12. The predicted octanol–water partition coefficient (Wildman–Crippen LogP) is 1.69. The molecule has 2 rings (SSSR count). The number of pyridine rings is 1. The number of nitrogens with zero attached hydrogens (tertiary/aromatic N) is 2. The van der Waals surface area contributed by atoms with Gasteiger partial charge in [-0.25, -0.2) is 0 Å². The first kappa shape index (κ1) is 4.88. The Labute approximate surface area is 56.3 Å². The second-order valence-electron chi connectivity index (χ2n) is 1.75. The molecular formula is C6H4N2S. The van der Waals surface area contributed by atoms with Crippen LogP contribution in [0.5, 0.6) is 0 Å². The Kier molecular flexibility index (Phi) is 0.960. The van der Waals surface area contributed by atoms with Gasteiger partial charge in [-0.1, -0.05) is 0 Å². The van der Waals surface area contributed by atoms with E-state index in [9.17, 15) is 0 Å². The van der Waals surface area contributed by atoms with Crippen LogP contribution in [0.4, 0.5) is 0 Å². The normalized spacial score (nSPS) is 10.2. The molecule has 0 unspecified atom stereocenters. The monoisotopic (exact) mass is 136 g/mol. The fourth-order valence-corrected chi connectivity index (χ4v) is 1.34. The molecule has 2 heterocycles. The quantitative estimate of drug-likeness (QED) is 0.550. The molecule has 0 saturated heterocycles. The number of fused-ring (bicyclic) bond motifs is 1. The standard InChI is InChI=1S/C6H4N2S/c1-2-7-3-5-4-9-8-6(1)5/h1-4H. The van der Waals surface area contributed by atoms with Gasteiger partial charge in [-0.3, -0.25) is 4.98 Å². The van der Waals surface area contributed by atoms with Crippen molar-refractivity contribution < 1.29 is 0 Å². The van der Waals surface area contributed by atoms with Crippen molar-refractivity contribution >= 4 is 22.4 Å². The first-order valence-corrected chi connectivity index (χ1v) is 3.44. The van der Waals surface area contributed by atoms with Crippen molar-refractivity contribution in [3.05, 3.63) is 23.8 Å². The van der Waals surface area contributed by atoms with Crippen molar-refractivity contribution in [3.8, 4) is 0 Å². The van der Waals surface area contributed by atoms with E-state index in [2.05, 4.69) is 9.36 Å². The minimum absolute atomic E-state index is 1.04. The first-order valence-electron chi connectivity index (χ1n) is 2.61. The lowest BCUT2D eigenvalue weighted by Gasteiger charge is -1.80. The molecule has 9 heavy (non-hydrogen) atoms. The van der Waals surface area contributed by atoms with Crippen LogP contribution in [0, 0.1) is 0 Å². The van der Waals surface area contributed by atoms with Crippen LogP contribution < -0.4 is 0 Å². The van der Waals surface area contributed by atoms with E-state index in [4.69, 9.17) is 0 Å². The van der Waals surface area contributed by atoms with Crippen molar-refractivity contribution in [2.24, 2.45) is 0 Å². The van der Waals surface area contributed by atoms with E-state index in [0.717, 1.165) is 10.9 Å². The summed E-state index contributed by atoms with van der Waals surface area (Å²) in [4.78, 5) is 3.95. The van der Waals surface area contributed by atoms with Gasteiger partial charge in [0.1, 0.15) is 0 Å². The van der Waals surface area contributed by atoms with E-state index < -0.39 is 0 Å². The molecule has 0 aliphatic heterocycles. The van der Waals surface area contributed by atoms with Gasteiger partial charge in [-0.2, -0.15) is 4.37 Å². The average molecular weight is 136 g/mol. The van der Waals surface area contributed by atoms with Crippen molar-refractivity contribution in [2.75, 3.05) is 0 Å². The van der Waals surface area contributed by atoms with Crippen molar-refractivity contribution in [1.82, 2.24) is 9.36 Å². The minimum Gasteiger partial charge on any atom is -0.264 e. The van der Waals surface area contributed by atoms with Gasteiger partial charge in [0, 0.05) is 23.2 Å². The summed E-state index contributed by atoms with van der Waals surface area (Å²) in [7, 11) is 0. The molecule has 0 saturated carbocycles. The SMILES string of the molecule is c1cc2nscc2cn1. The van der Waals surface area contributed by atoms with Gasteiger partial charge < -0.3 is 0 Å². The molecule has 0 aromatic carbocycles. The summed E-state index contributed by atoms with van der Waals surface area (Å²) < 4.78 is 4.12. The Bertz CT molecular complexity index is 285. The zero-order valence-electron chi connectivity index (χ0n) is 4.61. The Morgan fingerprint density at radius 3 is 3.33 bits per heavy atom. The summed E-state index contributed by atoms with van der Waals surface area (Å²) in [6.45, 7) is 0. The van der Waals surface area contributed by atoms with Gasteiger partial charge in [0.05, 0.1) is 5.52 Å². The molecule has 0 aliphatic carbocycles. The molecule has 0 aliphatic rings. The molecule has 3 heteroatoms. The molecule has 0 atom stereocenters. The second kappa shape index (κ2) is 1.77. The maximum Gasteiger partial charge on any atom is 0.0871 e. The third-order valence-electron chi connectivity index (χ3n) is 1.16. The maximum absolute atomic E-state index is 4.12. The third kappa shape index (κ3) is 0.695. The Morgan fingerprint density at radius 1 is 1.44 bits per heavy atom. The fourth-order valence-electron chi connectivity index (χ4n) is 0.713. The van der Waals surface area contributed by atoms with Crippen LogP contribution in [0.1, 0.15) is 0 Å². The van der Waals surface area contributed by atoms with E-state index in [0.29, 0.717) is 0 Å². The van der Waals surface area contributed by atoms with Crippen LogP contribution in [0.15, 0.2) is 23.8 Å². The molecule has 0 spiro atoms. The smallest absolute Gasteiger partial charge is 0.0871 e. The number of hydrogen-bond donors (Lipinski definition) is 0. The molecule has 44 valence electrons. The van der Waals surface area contributed by atoms with E-state index in [1.165, 1.54) is 11.5 Å². The van der Waals surface area contributed by atoms with E-state index in [1.54, 1.807) is 6.20 Å². The zero-order valence-corrected chi connectivity index (χ0v) is 5.43. The van der Waals surface area contributed by atoms with Crippen LogP contribution >= 0.6 is 11.5 Å². The van der Waals surface area contributed by atoms with Gasteiger partial charge >= 0.3 is 0 Å². The summed E-state index contributed by atoms with van der Waals surface area (Å²) in [5.74, 6) is 0. The number of aromatic nitrogens is 2. The molecular weight excluding hydrogens is 132 g/mol. The van der Waals surface area contributed by atoms with Crippen LogP contribution in [-0.4, -0.2) is 9.36 Å². The highest BCUT2D eigenvalue weighted by atomic mass is 32.1. The Morgan fingerprint density at radius 2 is 2.44 bits per heavy atom. The van der Waals surface area contributed by atoms with Crippen LogP contribution in [0.25, 0.3) is 10.9 Å². The molecule has 0 N–H and O–H groups in total. The Hall–Kier alpha value is -0.960. The highest BCUT2D eigenvalue weighted by Crippen LogP contribution is 2.11. The largest absolute Gasteiger partial charge is 0.264 e. The minimum atomic E-state index is 1.04. The number of rotatable bonds is 0. The fraction of sp³-hybridized carbons (Fsp3) is 0. The lowest BCUT2D eigenvalue weighted by molar-refractivity contribution is 1.36. The van der Waals surface area contributed by atoms with Crippen LogP contribution in [0.3, 0.4) is 0 Å². The number of hydrogen-bond acceptors (Lipinski definition) is 3. The molecule has 0 radical (unpaired) electrons. The summed E-state index contributed by atoms with van der Waals surface area (Å²) in [6, 6.07) is 1.91. The molecule has 0 bridgehead atoms. The second-order valence-corrected chi connectivity index (χ2v) is 2.38. The highest BCUT2D eigenvalue weighted by molar-refractivity contribution is 7.04. The molecule has 0 amide bonds. The molecule has 2 aromatic heterocycles. The summed E-state index contributed by atoms with van der Waals surface area (Å²) >= 11 is 1.46. The summed E-state index contributed by atoms with van der Waals surface area (Å²) in [6.07, 6.45) is 3.57. The lowest BCUT2D eigenvalue weighted by atomic mass is 10.4. The molecule has 0 fully saturated rings. The molecule has 2 aromatic rings. The van der Waals surface area contributed by atoms with E-state index in [-0.39, 0.29) is 0 Å². The van der Waals surface area contributed by atoms with Crippen molar-refractivity contribution in [3.63, 3.8) is 0 Å². The highest BCUT2D eigenvalue weighted by Gasteiger charge is 1.90. The van der Waals surface area contributed by atoms with Gasteiger partial charge in [-0.05, 0) is 17.6 Å². The van der Waals surface area contributed by atoms with Gasteiger partial charge in [0.25, 0.3) is 0 Å². The van der Waals surface area contributed by atoms with Gasteiger partial charge in [-0.15, -0.1) is 0 Å². The Balaban J connectivity index is 2.95. The van der Waals surface area contributed by atoms with Crippen molar-refractivity contribution in [1.29, 1.82) is 0 Å². The lowest BCUT2D eigenvalue weighted by Crippen LogP contribution is -1.67. The van der Waals surface area contributed by atoms with Gasteiger partial charge in [0.15, 0.2) is 0 Å². The topological polar surface area (TPSA) is 25.8 Å². The molecule has 2 nitrogen and oxygen atoms in total. The maximum atomic E-state index is 4.12. The van der Waals surface area contributed by atoms with Gasteiger partial charge in [0.2, 0.25) is 0 Å². The first-order chi connectivity index (χ1) is 4.47.